The van der Waals surface area contributed by atoms with E-state index in [0.29, 0.717) is 17.4 Å². The van der Waals surface area contributed by atoms with Crippen LogP contribution < -0.4 is 10.2 Å². The standard InChI is InChI=1S/C63H109N2O6P/c1-6-8-10-12-14-16-18-20-22-23-24-25-26-27-28-29-30-31-32-33-34-35-36-37-38-39-40-41-43-45-47-49-51-53-55-57-63(67)64-61(60-71-72(68,69)70-59-58-65(3,4)5)62(66)56-54-52-50-48-46-44-42-21-19-17-15-13-11-9-7-2/h8,10,14,16,20,22,24-25,27-28,30-31,33-34,36-37,39-40,54,56,61-62,66H,6-7,9,11-13,15,17-19,21,23,26,29,32,35,38,41-53,55,57-60H2,1-5H3,(H-,64,67,68,69)/b10-8-,16-14-,22-20-,25-24-,28-27-,31-30-,34-33-,37-36-,40-39-,56-54+. The van der Waals surface area contributed by atoms with Gasteiger partial charge in [-0.05, 0) is 89.9 Å². The van der Waals surface area contributed by atoms with Gasteiger partial charge in [-0.15, -0.1) is 0 Å². The van der Waals surface area contributed by atoms with Crippen molar-refractivity contribution in [2.75, 3.05) is 40.9 Å². The van der Waals surface area contributed by atoms with Gasteiger partial charge in [0.25, 0.3) is 7.82 Å². The van der Waals surface area contributed by atoms with E-state index >= 15 is 0 Å². The molecule has 2 N–H and O–H groups in total. The molecule has 0 heterocycles. The Morgan fingerprint density at radius 2 is 0.847 bits per heavy atom. The summed E-state index contributed by atoms with van der Waals surface area (Å²) < 4.78 is 23.3. The Balaban J connectivity index is 4.21. The molecule has 3 unspecified atom stereocenters. The van der Waals surface area contributed by atoms with E-state index in [1.165, 1.54) is 89.9 Å². The first-order valence-corrected chi connectivity index (χ1v) is 30.4. The van der Waals surface area contributed by atoms with Gasteiger partial charge >= 0.3 is 0 Å². The van der Waals surface area contributed by atoms with Gasteiger partial charge in [0, 0.05) is 6.42 Å². The Hall–Kier alpha value is -3.10. The number of carbonyl (C=O) groups is 1. The fraction of sp³-hybridized carbons (Fsp3) is 0.667. The second-order valence-corrected chi connectivity index (χ2v) is 21.7. The van der Waals surface area contributed by atoms with Gasteiger partial charge in [-0.3, -0.25) is 9.36 Å². The molecule has 0 saturated heterocycles. The first kappa shape index (κ1) is 68.9. The number of nitrogens with zero attached hydrogens (tertiary/aromatic N) is 1. The van der Waals surface area contributed by atoms with Crippen molar-refractivity contribution in [1.82, 2.24) is 5.32 Å². The Bertz CT molecular complexity index is 1580. The van der Waals surface area contributed by atoms with Gasteiger partial charge in [0.1, 0.15) is 13.2 Å². The molecule has 3 atom stereocenters. The number of unbranched alkanes of at least 4 members (excludes halogenated alkanes) is 20. The zero-order valence-corrected chi connectivity index (χ0v) is 47.7. The molecular formula is C63H109N2O6P. The van der Waals surface area contributed by atoms with Crippen LogP contribution in [0.2, 0.25) is 0 Å². The number of phosphoric acid groups is 1. The van der Waals surface area contributed by atoms with E-state index in [1.807, 2.05) is 27.2 Å². The molecule has 0 aromatic heterocycles. The maximum absolute atomic E-state index is 13.0. The van der Waals surface area contributed by atoms with Crippen LogP contribution in [-0.4, -0.2) is 68.5 Å². The maximum Gasteiger partial charge on any atom is 0.268 e. The highest BCUT2D eigenvalue weighted by atomic mass is 31.2. The van der Waals surface area contributed by atoms with Crippen molar-refractivity contribution in [3.05, 3.63) is 122 Å². The molecule has 0 fully saturated rings. The number of aliphatic hydroxyl groups is 1. The fourth-order valence-electron chi connectivity index (χ4n) is 7.67. The van der Waals surface area contributed by atoms with Crippen molar-refractivity contribution in [2.24, 2.45) is 0 Å². The number of hydrogen-bond donors (Lipinski definition) is 2. The van der Waals surface area contributed by atoms with Crippen LogP contribution in [0.4, 0.5) is 0 Å². The second kappa shape index (κ2) is 52.8. The topological polar surface area (TPSA) is 108 Å². The molecule has 0 aliphatic heterocycles. The summed E-state index contributed by atoms with van der Waals surface area (Å²) in [4.78, 5) is 25.5. The minimum absolute atomic E-state index is 0.00939. The zero-order valence-electron chi connectivity index (χ0n) is 46.8. The summed E-state index contributed by atoms with van der Waals surface area (Å²) in [7, 11) is 1.24. The van der Waals surface area contributed by atoms with Crippen molar-refractivity contribution in [3.63, 3.8) is 0 Å². The molecule has 0 aromatic rings. The molecule has 8 nitrogen and oxygen atoms in total. The van der Waals surface area contributed by atoms with E-state index in [9.17, 15) is 19.4 Å². The minimum atomic E-state index is -4.61. The predicted molar refractivity (Wildman–Crippen MR) is 311 cm³/mol. The van der Waals surface area contributed by atoms with Gasteiger partial charge in [-0.1, -0.05) is 245 Å². The fourth-order valence-corrected chi connectivity index (χ4v) is 8.40. The number of hydrogen-bond acceptors (Lipinski definition) is 6. The van der Waals surface area contributed by atoms with Gasteiger partial charge in [-0.2, -0.15) is 0 Å². The summed E-state index contributed by atoms with van der Waals surface area (Å²) in [5.74, 6) is -0.214. The largest absolute Gasteiger partial charge is 0.756 e. The highest BCUT2D eigenvalue weighted by Crippen LogP contribution is 2.38. The molecule has 0 saturated carbocycles. The number of quaternary nitrogens is 1. The second-order valence-electron chi connectivity index (χ2n) is 20.3. The third-order valence-corrected chi connectivity index (χ3v) is 13.1. The van der Waals surface area contributed by atoms with Gasteiger partial charge in [-0.25, -0.2) is 0 Å². The van der Waals surface area contributed by atoms with Crippen LogP contribution in [0.15, 0.2) is 122 Å². The van der Waals surface area contributed by atoms with Crippen LogP contribution in [-0.2, 0) is 18.4 Å². The van der Waals surface area contributed by atoms with Crippen molar-refractivity contribution in [3.8, 4) is 0 Å². The van der Waals surface area contributed by atoms with Crippen molar-refractivity contribution in [1.29, 1.82) is 0 Å². The number of likely N-dealkylation sites (N-methyl/N-ethyl adjacent to an activating group) is 1. The van der Waals surface area contributed by atoms with Crippen LogP contribution >= 0.6 is 7.82 Å². The Kier molecular flexibility index (Phi) is 50.5. The monoisotopic (exact) mass is 1020 g/mol. The number of phosphoric ester groups is 1. The van der Waals surface area contributed by atoms with Gasteiger partial charge in [0.05, 0.1) is 39.9 Å². The van der Waals surface area contributed by atoms with Crippen LogP contribution in [0.1, 0.15) is 219 Å². The molecule has 1 amide bonds. The molecule has 0 bridgehead atoms. The minimum Gasteiger partial charge on any atom is -0.756 e. The van der Waals surface area contributed by atoms with Gasteiger partial charge in [0.15, 0.2) is 0 Å². The molecule has 0 aromatic carbocycles. The van der Waals surface area contributed by atoms with E-state index in [1.54, 1.807) is 6.08 Å². The molecule has 9 heteroatoms. The first-order chi connectivity index (χ1) is 35.0. The Labute approximate surface area is 444 Å². The lowest BCUT2D eigenvalue weighted by Gasteiger charge is -2.29. The summed E-state index contributed by atoms with van der Waals surface area (Å²) in [6.07, 6.45) is 78.4. The predicted octanol–water partition coefficient (Wildman–Crippen LogP) is 17.1. The lowest BCUT2D eigenvalue weighted by atomic mass is 10.0. The van der Waals surface area contributed by atoms with E-state index < -0.39 is 26.6 Å². The van der Waals surface area contributed by atoms with Crippen molar-refractivity contribution in [2.45, 2.75) is 231 Å². The SMILES string of the molecule is CC/C=C\C/C=C\C/C=C\C/C=C\C/C=C\C/C=C\C/C=C\C/C=C\C/C=C\CCCCCCCCCC(=O)NC(COP(=O)([O-])OCC[N+](C)(C)C)C(O)/C=C/CCCCCCCCCCCCCCC. The third kappa shape index (κ3) is 54.7. The van der Waals surface area contributed by atoms with Gasteiger partial charge < -0.3 is 28.8 Å². The normalized spacial score (nSPS) is 14.8. The average molecular weight is 1020 g/mol. The smallest absolute Gasteiger partial charge is 0.268 e. The zero-order chi connectivity index (χ0) is 52.7. The number of rotatable bonds is 51. The summed E-state index contributed by atoms with van der Waals surface area (Å²) in [5, 5.41) is 13.9. The summed E-state index contributed by atoms with van der Waals surface area (Å²) in [6.45, 7) is 4.51. The van der Waals surface area contributed by atoms with E-state index in [0.717, 1.165) is 109 Å². The number of amides is 1. The van der Waals surface area contributed by atoms with Crippen molar-refractivity contribution >= 4 is 13.7 Å². The Morgan fingerprint density at radius 1 is 0.500 bits per heavy atom. The lowest BCUT2D eigenvalue weighted by molar-refractivity contribution is -0.870. The molecule has 0 aliphatic carbocycles. The van der Waals surface area contributed by atoms with Crippen LogP contribution in [0.3, 0.4) is 0 Å². The number of carbonyl (C=O) groups excluding carboxylic acids is 1. The van der Waals surface area contributed by atoms with Crippen LogP contribution in [0.25, 0.3) is 0 Å². The summed E-state index contributed by atoms with van der Waals surface area (Å²) in [6, 6.07) is -0.901. The molecule has 72 heavy (non-hydrogen) atoms. The van der Waals surface area contributed by atoms with Crippen LogP contribution in [0.5, 0.6) is 0 Å². The number of allylic oxidation sites excluding steroid dienone is 19. The average Bonchev–Trinajstić information content (AvgIpc) is 3.34. The van der Waals surface area contributed by atoms with Gasteiger partial charge in [0.2, 0.25) is 5.91 Å². The quantitative estimate of drug-likeness (QED) is 0.0272. The maximum atomic E-state index is 13.0. The molecule has 0 spiro atoms. The molecule has 412 valence electrons. The van der Waals surface area contributed by atoms with Crippen LogP contribution in [0, 0.1) is 0 Å². The number of aliphatic hydroxyl groups excluding tert-OH is 1. The molecule has 0 aliphatic rings. The van der Waals surface area contributed by atoms with E-state index in [4.69, 9.17) is 9.05 Å². The first-order valence-electron chi connectivity index (χ1n) is 28.9. The Morgan fingerprint density at radius 3 is 1.24 bits per heavy atom. The highest BCUT2D eigenvalue weighted by molar-refractivity contribution is 7.45. The van der Waals surface area contributed by atoms with E-state index in [-0.39, 0.29) is 12.5 Å². The lowest BCUT2D eigenvalue weighted by Crippen LogP contribution is -2.45. The molecular weight excluding hydrogens is 912 g/mol. The van der Waals surface area contributed by atoms with Crippen molar-refractivity contribution < 1.29 is 32.9 Å². The summed E-state index contributed by atoms with van der Waals surface area (Å²) >= 11 is 0. The molecule has 0 rings (SSSR count). The highest BCUT2D eigenvalue weighted by Gasteiger charge is 2.23. The summed E-state index contributed by atoms with van der Waals surface area (Å²) in [5.41, 5.74) is 0. The number of nitrogens with one attached hydrogen (secondary N) is 1. The van der Waals surface area contributed by atoms with E-state index in [2.05, 4.69) is 129 Å². The third-order valence-electron chi connectivity index (χ3n) is 12.2. The molecule has 0 radical (unpaired) electrons.